The Morgan fingerprint density at radius 1 is 1.37 bits per heavy atom. The molecule has 0 saturated heterocycles. The highest BCUT2D eigenvalue weighted by Gasteiger charge is 2.09. The Labute approximate surface area is 117 Å². The molecule has 0 aliphatic heterocycles. The fourth-order valence-electron chi connectivity index (χ4n) is 1.99. The SMILES string of the molecule is COc1cccc(CNC(C)Cc2ccsc2)c1O. The smallest absolute Gasteiger partial charge is 0.162 e. The van der Waals surface area contributed by atoms with Crippen molar-refractivity contribution in [3.05, 3.63) is 46.2 Å². The minimum Gasteiger partial charge on any atom is -0.504 e. The van der Waals surface area contributed by atoms with Gasteiger partial charge in [0.25, 0.3) is 0 Å². The van der Waals surface area contributed by atoms with Crippen LogP contribution < -0.4 is 10.1 Å². The maximum Gasteiger partial charge on any atom is 0.162 e. The van der Waals surface area contributed by atoms with Gasteiger partial charge in [0.05, 0.1) is 7.11 Å². The number of phenols is 1. The fraction of sp³-hybridized carbons (Fsp3) is 0.333. The highest BCUT2D eigenvalue weighted by molar-refractivity contribution is 7.07. The van der Waals surface area contributed by atoms with Crippen LogP contribution in [-0.4, -0.2) is 18.3 Å². The van der Waals surface area contributed by atoms with E-state index in [1.165, 1.54) is 5.56 Å². The van der Waals surface area contributed by atoms with Crippen molar-refractivity contribution in [1.82, 2.24) is 5.32 Å². The molecule has 0 aliphatic rings. The van der Waals surface area contributed by atoms with Gasteiger partial charge in [0.1, 0.15) is 0 Å². The Bertz CT molecular complexity index is 511. The number of aromatic hydroxyl groups is 1. The zero-order valence-electron chi connectivity index (χ0n) is 11.2. The number of phenolic OH excluding ortho intramolecular Hbond substituents is 1. The second-order valence-corrected chi connectivity index (χ2v) is 5.37. The highest BCUT2D eigenvalue weighted by Crippen LogP contribution is 2.29. The molecule has 1 aromatic carbocycles. The minimum atomic E-state index is 0.222. The van der Waals surface area contributed by atoms with E-state index in [2.05, 4.69) is 29.1 Å². The van der Waals surface area contributed by atoms with Gasteiger partial charge in [-0.05, 0) is 41.8 Å². The van der Waals surface area contributed by atoms with Crippen LogP contribution >= 0.6 is 11.3 Å². The maximum absolute atomic E-state index is 10.00. The molecule has 3 nitrogen and oxygen atoms in total. The first-order valence-corrected chi connectivity index (χ1v) is 7.24. The normalized spacial score (nSPS) is 12.3. The van der Waals surface area contributed by atoms with Crippen molar-refractivity contribution < 1.29 is 9.84 Å². The molecule has 19 heavy (non-hydrogen) atoms. The van der Waals surface area contributed by atoms with E-state index in [1.54, 1.807) is 24.5 Å². The molecular formula is C15H19NO2S. The molecule has 0 aliphatic carbocycles. The van der Waals surface area contributed by atoms with Crippen molar-refractivity contribution in [2.75, 3.05) is 7.11 Å². The van der Waals surface area contributed by atoms with Gasteiger partial charge in [-0.3, -0.25) is 0 Å². The van der Waals surface area contributed by atoms with Crippen LogP contribution in [-0.2, 0) is 13.0 Å². The minimum absolute atomic E-state index is 0.222. The summed E-state index contributed by atoms with van der Waals surface area (Å²) in [7, 11) is 1.56. The lowest BCUT2D eigenvalue weighted by molar-refractivity contribution is 0.369. The third-order valence-electron chi connectivity index (χ3n) is 3.07. The summed E-state index contributed by atoms with van der Waals surface area (Å²) in [5, 5.41) is 17.7. The fourth-order valence-corrected chi connectivity index (χ4v) is 2.68. The van der Waals surface area contributed by atoms with E-state index in [-0.39, 0.29) is 5.75 Å². The number of thiophene rings is 1. The summed E-state index contributed by atoms with van der Waals surface area (Å²) in [5.74, 6) is 0.741. The summed E-state index contributed by atoms with van der Waals surface area (Å²) >= 11 is 1.72. The van der Waals surface area contributed by atoms with Crippen molar-refractivity contribution in [1.29, 1.82) is 0 Å². The molecule has 1 atom stereocenters. The quantitative estimate of drug-likeness (QED) is 0.852. The molecule has 1 aromatic heterocycles. The Kier molecular flexibility index (Phi) is 4.82. The summed E-state index contributed by atoms with van der Waals surface area (Å²) in [4.78, 5) is 0. The average molecular weight is 277 g/mol. The molecular weight excluding hydrogens is 258 g/mol. The first kappa shape index (κ1) is 13.9. The van der Waals surface area contributed by atoms with E-state index in [9.17, 15) is 5.11 Å². The Morgan fingerprint density at radius 3 is 2.89 bits per heavy atom. The van der Waals surface area contributed by atoms with E-state index >= 15 is 0 Å². The number of nitrogens with one attached hydrogen (secondary N) is 1. The Morgan fingerprint density at radius 2 is 2.21 bits per heavy atom. The van der Waals surface area contributed by atoms with Crippen LogP contribution in [0.4, 0.5) is 0 Å². The topological polar surface area (TPSA) is 41.5 Å². The number of hydrogen-bond acceptors (Lipinski definition) is 4. The summed E-state index contributed by atoms with van der Waals surface area (Å²) in [6.07, 6.45) is 0.994. The van der Waals surface area contributed by atoms with Crippen LogP contribution in [0.3, 0.4) is 0 Å². The number of methoxy groups -OCH3 is 1. The van der Waals surface area contributed by atoms with E-state index < -0.39 is 0 Å². The van der Waals surface area contributed by atoms with Gasteiger partial charge >= 0.3 is 0 Å². The van der Waals surface area contributed by atoms with E-state index in [4.69, 9.17) is 4.74 Å². The maximum atomic E-state index is 10.00. The van der Waals surface area contributed by atoms with Gasteiger partial charge in [-0.2, -0.15) is 11.3 Å². The van der Waals surface area contributed by atoms with Gasteiger partial charge in [-0.15, -0.1) is 0 Å². The zero-order valence-corrected chi connectivity index (χ0v) is 12.0. The van der Waals surface area contributed by atoms with Crippen LogP contribution in [0.2, 0.25) is 0 Å². The Hall–Kier alpha value is -1.52. The zero-order chi connectivity index (χ0) is 13.7. The molecule has 2 N–H and O–H groups in total. The van der Waals surface area contributed by atoms with E-state index in [0.29, 0.717) is 18.3 Å². The van der Waals surface area contributed by atoms with E-state index in [1.807, 2.05) is 12.1 Å². The monoisotopic (exact) mass is 277 g/mol. The summed E-state index contributed by atoms with van der Waals surface area (Å²) < 4.78 is 5.10. The van der Waals surface area contributed by atoms with Crippen LogP contribution in [0.15, 0.2) is 35.0 Å². The third kappa shape index (κ3) is 3.72. The highest BCUT2D eigenvalue weighted by atomic mass is 32.1. The first-order valence-electron chi connectivity index (χ1n) is 6.30. The van der Waals surface area contributed by atoms with Crippen molar-refractivity contribution >= 4 is 11.3 Å². The summed E-state index contributed by atoms with van der Waals surface area (Å²) in [6, 6.07) is 8.06. The standard InChI is InChI=1S/C15H19NO2S/c1-11(8-12-6-7-19-10-12)16-9-13-4-3-5-14(18-2)15(13)17/h3-7,10-11,16-17H,8-9H2,1-2H3. The molecule has 0 amide bonds. The molecule has 0 fully saturated rings. The molecule has 1 unspecified atom stereocenters. The first-order chi connectivity index (χ1) is 9.20. The lowest BCUT2D eigenvalue weighted by Gasteiger charge is -2.14. The van der Waals surface area contributed by atoms with Crippen molar-refractivity contribution in [2.24, 2.45) is 0 Å². The van der Waals surface area contributed by atoms with Gasteiger partial charge in [-0.25, -0.2) is 0 Å². The van der Waals surface area contributed by atoms with Gasteiger partial charge in [0.15, 0.2) is 11.5 Å². The van der Waals surface area contributed by atoms with Crippen molar-refractivity contribution in [3.63, 3.8) is 0 Å². The molecule has 0 radical (unpaired) electrons. The predicted octanol–water partition coefficient (Wildman–Crippen LogP) is 3.18. The van der Waals surface area contributed by atoms with Crippen molar-refractivity contribution in [2.45, 2.75) is 25.9 Å². The predicted molar refractivity (Wildman–Crippen MR) is 79.0 cm³/mol. The molecule has 2 rings (SSSR count). The van der Waals surface area contributed by atoms with Crippen LogP contribution in [0.1, 0.15) is 18.1 Å². The second-order valence-electron chi connectivity index (χ2n) is 4.59. The van der Waals surface area contributed by atoms with Crippen LogP contribution in [0.5, 0.6) is 11.5 Å². The van der Waals surface area contributed by atoms with Gasteiger partial charge in [-0.1, -0.05) is 12.1 Å². The molecule has 2 aromatic rings. The summed E-state index contributed by atoms with van der Waals surface area (Å²) in [6.45, 7) is 2.78. The van der Waals surface area contributed by atoms with Gasteiger partial charge in [0.2, 0.25) is 0 Å². The van der Waals surface area contributed by atoms with Crippen LogP contribution in [0.25, 0.3) is 0 Å². The van der Waals surface area contributed by atoms with Gasteiger partial charge < -0.3 is 15.2 Å². The summed E-state index contributed by atoms with van der Waals surface area (Å²) in [5.41, 5.74) is 2.20. The lowest BCUT2D eigenvalue weighted by atomic mass is 10.1. The molecule has 0 bridgehead atoms. The number of para-hydroxylation sites is 1. The van der Waals surface area contributed by atoms with Crippen molar-refractivity contribution in [3.8, 4) is 11.5 Å². The second kappa shape index (κ2) is 6.59. The average Bonchev–Trinajstić information content (AvgIpc) is 2.90. The molecule has 1 heterocycles. The molecule has 0 saturated carbocycles. The number of hydrogen-bond donors (Lipinski definition) is 2. The molecule has 4 heteroatoms. The Balaban J connectivity index is 1.91. The number of ether oxygens (including phenoxy) is 1. The van der Waals surface area contributed by atoms with Crippen LogP contribution in [0, 0.1) is 0 Å². The molecule has 102 valence electrons. The molecule has 0 spiro atoms. The van der Waals surface area contributed by atoms with Gasteiger partial charge in [0, 0.05) is 18.2 Å². The lowest BCUT2D eigenvalue weighted by Crippen LogP contribution is -2.27. The van der Waals surface area contributed by atoms with E-state index in [0.717, 1.165) is 12.0 Å². The number of rotatable bonds is 6. The third-order valence-corrected chi connectivity index (χ3v) is 3.80. The largest absolute Gasteiger partial charge is 0.504 e. The number of benzene rings is 1.